The van der Waals surface area contributed by atoms with Gasteiger partial charge in [-0.1, -0.05) is 70.2 Å². The third-order valence-corrected chi connectivity index (χ3v) is 5.76. The van der Waals surface area contributed by atoms with Gasteiger partial charge in [-0.2, -0.15) is 0 Å². The average Bonchev–Trinajstić information content (AvgIpc) is 2.84. The molecule has 0 atom stereocenters. The van der Waals surface area contributed by atoms with Crippen LogP contribution in [0.5, 0.6) is 11.5 Å². The molecule has 0 spiro atoms. The summed E-state index contributed by atoms with van der Waals surface area (Å²) in [5.74, 6) is -0.991. The van der Waals surface area contributed by atoms with E-state index < -0.39 is 17.6 Å². The lowest BCUT2D eigenvalue weighted by Crippen LogP contribution is -2.08. The van der Waals surface area contributed by atoms with E-state index in [4.69, 9.17) is 9.47 Å². The maximum atomic E-state index is 14.5. The number of hydrogen-bond acceptors (Lipinski definition) is 3. The smallest absolute Gasteiger partial charge is 0.343 e. The van der Waals surface area contributed by atoms with Crippen LogP contribution in [0.15, 0.2) is 60.7 Å². The summed E-state index contributed by atoms with van der Waals surface area (Å²) in [6.45, 7) is 4.55. The lowest BCUT2D eigenvalue weighted by atomic mass is 10.0. The molecular formula is C29H32F2O3. The minimum atomic E-state index is -0.583. The summed E-state index contributed by atoms with van der Waals surface area (Å²) in [5, 5.41) is 0. The highest BCUT2D eigenvalue weighted by Gasteiger charge is 2.12. The second kappa shape index (κ2) is 12.9. The van der Waals surface area contributed by atoms with Gasteiger partial charge in [0, 0.05) is 6.07 Å². The third kappa shape index (κ3) is 7.14. The maximum absolute atomic E-state index is 14.5. The number of rotatable bonds is 12. The molecule has 0 bridgehead atoms. The van der Waals surface area contributed by atoms with Gasteiger partial charge < -0.3 is 9.47 Å². The van der Waals surface area contributed by atoms with E-state index in [1.807, 2.05) is 6.92 Å². The molecule has 0 aliphatic heterocycles. The first-order chi connectivity index (χ1) is 16.5. The number of benzene rings is 3. The summed E-state index contributed by atoms with van der Waals surface area (Å²) >= 11 is 0. The van der Waals surface area contributed by atoms with Gasteiger partial charge in [-0.15, -0.1) is 0 Å². The van der Waals surface area contributed by atoms with E-state index in [1.54, 1.807) is 48.5 Å². The zero-order valence-corrected chi connectivity index (χ0v) is 19.9. The predicted octanol–water partition coefficient (Wildman–Crippen LogP) is 8.15. The molecule has 0 unspecified atom stereocenters. The zero-order chi connectivity index (χ0) is 24.3. The monoisotopic (exact) mass is 466 g/mol. The molecule has 0 radical (unpaired) electrons. The Hall–Kier alpha value is -3.21. The summed E-state index contributed by atoms with van der Waals surface area (Å²) < 4.78 is 39.3. The molecular weight excluding hydrogens is 434 g/mol. The minimum absolute atomic E-state index is 0.155. The van der Waals surface area contributed by atoms with E-state index in [0.717, 1.165) is 18.4 Å². The van der Waals surface area contributed by atoms with Gasteiger partial charge in [-0.25, -0.2) is 13.6 Å². The SMILES string of the molecule is CCCCCCCCOc1ccc(-c2ccc(C(=O)Oc3ccc(CC)c(F)c3)cc2)cc1F. The molecule has 0 aromatic heterocycles. The molecule has 0 amide bonds. The van der Waals surface area contributed by atoms with Gasteiger partial charge in [0.25, 0.3) is 0 Å². The van der Waals surface area contributed by atoms with Crippen molar-refractivity contribution in [3.8, 4) is 22.6 Å². The number of halogens is 2. The first kappa shape index (κ1) is 25.4. The fraction of sp³-hybridized carbons (Fsp3) is 0.345. The lowest BCUT2D eigenvalue weighted by Gasteiger charge is -2.10. The van der Waals surface area contributed by atoms with Crippen molar-refractivity contribution in [3.05, 3.63) is 83.4 Å². The van der Waals surface area contributed by atoms with E-state index >= 15 is 0 Å². The van der Waals surface area contributed by atoms with Gasteiger partial charge in [-0.05, 0) is 59.9 Å². The van der Waals surface area contributed by atoms with Gasteiger partial charge in [0.05, 0.1) is 12.2 Å². The number of aryl methyl sites for hydroxylation is 1. The highest BCUT2D eigenvalue weighted by molar-refractivity contribution is 5.91. The Labute approximate surface area is 200 Å². The van der Waals surface area contributed by atoms with Crippen LogP contribution in [0.1, 0.15) is 68.3 Å². The minimum Gasteiger partial charge on any atom is -0.491 e. The van der Waals surface area contributed by atoms with Gasteiger partial charge in [0.2, 0.25) is 0 Å². The molecule has 0 aliphatic rings. The fourth-order valence-electron chi connectivity index (χ4n) is 3.70. The first-order valence-electron chi connectivity index (χ1n) is 12.0. The van der Waals surface area contributed by atoms with Gasteiger partial charge in [-0.3, -0.25) is 0 Å². The van der Waals surface area contributed by atoms with Crippen LogP contribution in [0.2, 0.25) is 0 Å². The largest absolute Gasteiger partial charge is 0.491 e. The van der Waals surface area contributed by atoms with E-state index in [0.29, 0.717) is 29.7 Å². The van der Waals surface area contributed by atoms with E-state index in [2.05, 4.69) is 6.92 Å². The van der Waals surface area contributed by atoms with Crippen LogP contribution in [0.3, 0.4) is 0 Å². The number of hydrogen-bond donors (Lipinski definition) is 0. The molecule has 3 aromatic carbocycles. The Morgan fingerprint density at radius 3 is 2.15 bits per heavy atom. The Balaban J connectivity index is 1.56. The summed E-state index contributed by atoms with van der Waals surface area (Å²) in [7, 11) is 0. The van der Waals surface area contributed by atoms with Crippen molar-refractivity contribution < 1.29 is 23.0 Å². The molecule has 34 heavy (non-hydrogen) atoms. The first-order valence-corrected chi connectivity index (χ1v) is 12.0. The highest BCUT2D eigenvalue weighted by atomic mass is 19.1. The Morgan fingerprint density at radius 1 is 0.765 bits per heavy atom. The topological polar surface area (TPSA) is 35.5 Å². The second-order valence-electron chi connectivity index (χ2n) is 8.34. The van der Waals surface area contributed by atoms with Crippen molar-refractivity contribution in [2.24, 2.45) is 0 Å². The zero-order valence-electron chi connectivity index (χ0n) is 19.9. The molecule has 5 heteroatoms. The van der Waals surface area contributed by atoms with Crippen LogP contribution < -0.4 is 9.47 Å². The average molecular weight is 467 g/mol. The second-order valence-corrected chi connectivity index (χ2v) is 8.34. The van der Waals surface area contributed by atoms with Crippen LogP contribution >= 0.6 is 0 Å². The van der Waals surface area contributed by atoms with E-state index in [9.17, 15) is 13.6 Å². The molecule has 0 N–H and O–H groups in total. The molecule has 0 aliphatic carbocycles. The van der Waals surface area contributed by atoms with Crippen molar-refractivity contribution in [3.63, 3.8) is 0 Å². The lowest BCUT2D eigenvalue weighted by molar-refractivity contribution is 0.0734. The quantitative estimate of drug-likeness (QED) is 0.153. The molecule has 3 aromatic rings. The molecule has 0 saturated carbocycles. The van der Waals surface area contributed by atoms with Gasteiger partial charge in [0.15, 0.2) is 11.6 Å². The summed E-state index contributed by atoms with van der Waals surface area (Å²) in [5.41, 5.74) is 2.33. The molecule has 0 fully saturated rings. The number of carbonyl (C=O) groups is 1. The highest BCUT2D eigenvalue weighted by Crippen LogP contribution is 2.27. The van der Waals surface area contributed by atoms with Crippen LogP contribution in [-0.2, 0) is 6.42 Å². The fourth-order valence-corrected chi connectivity index (χ4v) is 3.70. The van der Waals surface area contributed by atoms with Crippen LogP contribution in [-0.4, -0.2) is 12.6 Å². The third-order valence-electron chi connectivity index (χ3n) is 5.76. The molecule has 0 saturated heterocycles. The van der Waals surface area contributed by atoms with E-state index in [1.165, 1.54) is 37.8 Å². The van der Waals surface area contributed by atoms with Crippen molar-refractivity contribution in [2.45, 2.75) is 58.8 Å². The number of carbonyl (C=O) groups excluding carboxylic acids is 1. The van der Waals surface area contributed by atoms with Crippen LogP contribution in [0, 0.1) is 11.6 Å². The standard InChI is InChI=1S/C29H32F2O3/c1-3-5-6-7-8-9-18-33-28-17-15-24(19-27(28)31)22-10-12-23(13-11-22)29(32)34-25-16-14-21(4-2)26(30)20-25/h10-17,19-20H,3-9,18H2,1-2H3. The summed E-state index contributed by atoms with van der Waals surface area (Å²) in [4.78, 5) is 12.4. The van der Waals surface area contributed by atoms with Crippen molar-refractivity contribution in [1.29, 1.82) is 0 Å². The number of esters is 1. The van der Waals surface area contributed by atoms with Crippen LogP contribution in [0.25, 0.3) is 11.1 Å². The predicted molar refractivity (Wildman–Crippen MR) is 131 cm³/mol. The van der Waals surface area contributed by atoms with Gasteiger partial charge in [0.1, 0.15) is 11.6 Å². The Morgan fingerprint density at radius 2 is 1.47 bits per heavy atom. The normalized spacial score (nSPS) is 10.8. The molecule has 3 rings (SSSR count). The van der Waals surface area contributed by atoms with Crippen molar-refractivity contribution in [2.75, 3.05) is 6.61 Å². The summed E-state index contributed by atoms with van der Waals surface area (Å²) in [6.07, 6.45) is 7.46. The Kier molecular flexibility index (Phi) is 9.62. The maximum Gasteiger partial charge on any atom is 0.343 e. The van der Waals surface area contributed by atoms with Gasteiger partial charge >= 0.3 is 5.97 Å². The van der Waals surface area contributed by atoms with Crippen molar-refractivity contribution >= 4 is 5.97 Å². The number of ether oxygens (including phenoxy) is 2. The Bertz CT molecular complexity index is 1080. The molecule has 3 nitrogen and oxygen atoms in total. The van der Waals surface area contributed by atoms with E-state index in [-0.39, 0.29) is 11.5 Å². The number of unbranched alkanes of at least 4 members (excludes halogenated alkanes) is 5. The molecule has 180 valence electrons. The molecule has 0 heterocycles. The van der Waals surface area contributed by atoms with Crippen molar-refractivity contribution in [1.82, 2.24) is 0 Å². The van der Waals surface area contributed by atoms with Crippen LogP contribution in [0.4, 0.5) is 8.78 Å². The summed E-state index contributed by atoms with van der Waals surface area (Å²) in [6, 6.07) is 15.9.